The Morgan fingerprint density at radius 3 is 2.92 bits per heavy atom. The van der Waals surface area contributed by atoms with E-state index in [1.807, 2.05) is 20.2 Å². The van der Waals surface area contributed by atoms with Gasteiger partial charge in [-0.25, -0.2) is 0 Å². The largest absolute Gasteiger partial charge is 0.379 e. The Bertz CT molecular complexity index is 525. The highest BCUT2D eigenvalue weighted by atomic mass is 127. The van der Waals surface area contributed by atoms with Gasteiger partial charge in [0.2, 0.25) is 0 Å². The molecule has 142 valence electrons. The molecule has 5 nitrogen and oxygen atoms in total. The Morgan fingerprint density at radius 2 is 2.24 bits per heavy atom. The monoisotopic (exact) mass is 525 g/mol. The molecule has 1 aliphatic heterocycles. The van der Waals surface area contributed by atoms with Gasteiger partial charge in [0.05, 0.1) is 12.7 Å². The highest BCUT2D eigenvalue weighted by Gasteiger charge is 2.15. The van der Waals surface area contributed by atoms with Gasteiger partial charge >= 0.3 is 0 Å². The SMILES string of the molecule is CN=C(NCCCOCC1CCCO1)N(C)Cc1ccccc1Br.I. The fourth-order valence-corrected chi connectivity index (χ4v) is 3.12. The van der Waals surface area contributed by atoms with Gasteiger partial charge in [0.15, 0.2) is 5.96 Å². The highest BCUT2D eigenvalue weighted by Crippen LogP contribution is 2.17. The van der Waals surface area contributed by atoms with Crippen molar-refractivity contribution in [2.45, 2.75) is 31.9 Å². The lowest BCUT2D eigenvalue weighted by molar-refractivity contribution is 0.0168. The molecule has 0 radical (unpaired) electrons. The van der Waals surface area contributed by atoms with Crippen molar-refractivity contribution in [1.29, 1.82) is 0 Å². The van der Waals surface area contributed by atoms with Gasteiger partial charge < -0.3 is 19.7 Å². The standard InChI is InChI=1S/C18H28BrN3O2.HI/c1-20-18(22(2)13-15-7-3-4-9-17(15)19)21-10-6-11-23-14-16-8-5-12-24-16;/h3-4,7,9,16H,5-6,8,10-14H2,1-2H3,(H,20,21);1H. The third kappa shape index (κ3) is 8.23. The van der Waals surface area contributed by atoms with Crippen LogP contribution >= 0.6 is 39.9 Å². The first kappa shape index (κ1) is 22.7. The summed E-state index contributed by atoms with van der Waals surface area (Å²) in [5.41, 5.74) is 1.24. The van der Waals surface area contributed by atoms with Crippen LogP contribution in [-0.2, 0) is 16.0 Å². The maximum atomic E-state index is 5.68. The number of halogens is 2. The van der Waals surface area contributed by atoms with Gasteiger partial charge in [0.25, 0.3) is 0 Å². The van der Waals surface area contributed by atoms with Crippen LogP contribution in [0.5, 0.6) is 0 Å². The molecular formula is C18H29BrIN3O2. The molecule has 25 heavy (non-hydrogen) atoms. The average molecular weight is 526 g/mol. The summed E-state index contributed by atoms with van der Waals surface area (Å²) in [7, 11) is 3.86. The van der Waals surface area contributed by atoms with Crippen LogP contribution in [-0.4, -0.2) is 57.4 Å². The topological polar surface area (TPSA) is 46.1 Å². The predicted molar refractivity (Wildman–Crippen MR) is 117 cm³/mol. The second-order valence-corrected chi connectivity index (χ2v) is 6.84. The first-order chi connectivity index (χ1) is 11.7. The molecule has 1 atom stereocenters. The lowest BCUT2D eigenvalue weighted by Crippen LogP contribution is -2.39. The van der Waals surface area contributed by atoms with Gasteiger partial charge in [-0.2, -0.15) is 0 Å². The maximum absolute atomic E-state index is 5.68. The van der Waals surface area contributed by atoms with Crippen LogP contribution in [0.2, 0.25) is 0 Å². The van der Waals surface area contributed by atoms with Crippen molar-refractivity contribution in [1.82, 2.24) is 10.2 Å². The number of benzene rings is 1. The second-order valence-electron chi connectivity index (χ2n) is 5.98. The lowest BCUT2D eigenvalue weighted by Gasteiger charge is -2.22. The summed E-state index contributed by atoms with van der Waals surface area (Å²) < 4.78 is 12.3. The molecule has 1 unspecified atom stereocenters. The van der Waals surface area contributed by atoms with Crippen LogP contribution in [0.25, 0.3) is 0 Å². The van der Waals surface area contributed by atoms with Crippen LogP contribution in [0.3, 0.4) is 0 Å². The number of aliphatic imine (C=N–C) groups is 1. The van der Waals surface area contributed by atoms with E-state index in [1.54, 1.807) is 0 Å². The normalized spacial score (nSPS) is 17.2. The molecule has 1 fully saturated rings. The summed E-state index contributed by atoms with van der Waals surface area (Å²) in [6, 6.07) is 8.25. The number of nitrogens with one attached hydrogen (secondary N) is 1. The number of hydrogen-bond donors (Lipinski definition) is 1. The van der Waals surface area contributed by atoms with E-state index in [9.17, 15) is 0 Å². The van der Waals surface area contributed by atoms with Gasteiger partial charge in [-0.1, -0.05) is 34.1 Å². The smallest absolute Gasteiger partial charge is 0.193 e. The molecule has 0 amide bonds. The summed E-state index contributed by atoms with van der Waals surface area (Å²) in [6.07, 6.45) is 3.55. The van der Waals surface area contributed by atoms with Crippen molar-refractivity contribution in [3.63, 3.8) is 0 Å². The molecular weight excluding hydrogens is 497 g/mol. The van der Waals surface area contributed by atoms with Gasteiger partial charge in [0.1, 0.15) is 0 Å². The summed E-state index contributed by atoms with van der Waals surface area (Å²) in [4.78, 5) is 6.47. The van der Waals surface area contributed by atoms with E-state index >= 15 is 0 Å². The summed E-state index contributed by atoms with van der Waals surface area (Å²) in [5.74, 6) is 0.893. The Labute approximate surface area is 176 Å². The van der Waals surface area contributed by atoms with Crippen LogP contribution in [0, 0.1) is 0 Å². The van der Waals surface area contributed by atoms with E-state index < -0.39 is 0 Å². The van der Waals surface area contributed by atoms with Crippen molar-refractivity contribution in [2.75, 3.05) is 40.5 Å². The molecule has 1 heterocycles. The lowest BCUT2D eigenvalue weighted by atomic mass is 10.2. The van der Waals surface area contributed by atoms with Crippen molar-refractivity contribution in [3.05, 3.63) is 34.3 Å². The van der Waals surface area contributed by atoms with Crippen LogP contribution in [0.15, 0.2) is 33.7 Å². The zero-order valence-electron chi connectivity index (χ0n) is 15.0. The van der Waals surface area contributed by atoms with Gasteiger partial charge in [-0.3, -0.25) is 4.99 Å². The van der Waals surface area contributed by atoms with Crippen LogP contribution in [0.4, 0.5) is 0 Å². The predicted octanol–water partition coefficient (Wildman–Crippen LogP) is 3.66. The summed E-state index contributed by atoms with van der Waals surface area (Å²) in [6.45, 7) is 4.00. The molecule has 0 aliphatic carbocycles. The molecule has 0 bridgehead atoms. The number of hydrogen-bond acceptors (Lipinski definition) is 3. The molecule has 2 rings (SSSR count). The number of ether oxygens (including phenoxy) is 2. The maximum Gasteiger partial charge on any atom is 0.193 e. The molecule has 1 aliphatic rings. The van der Waals surface area contributed by atoms with Gasteiger partial charge in [0, 0.05) is 44.9 Å². The van der Waals surface area contributed by atoms with Crippen molar-refractivity contribution in [3.8, 4) is 0 Å². The van der Waals surface area contributed by atoms with E-state index in [1.165, 1.54) is 5.56 Å². The first-order valence-corrected chi connectivity index (χ1v) is 9.34. The molecule has 1 N–H and O–H groups in total. The minimum absolute atomic E-state index is 0. The van der Waals surface area contributed by atoms with E-state index in [2.05, 4.69) is 49.3 Å². The molecule has 1 aromatic carbocycles. The molecule has 0 aromatic heterocycles. The van der Waals surface area contributed by atoms with Crippen LogP contribution in [0.1, 0.15) is 24.8 Å². The van der Waals surface area contributed by atoms with E-state index in [0.29, 0.717) is 6.10 Å². The van der Waals surface area contributed by atoms with Crippen LogP contribution < -0.4 is 5.32 Å². The number of rotatable bonds is 8. The zero-order chi connectivity index (χ0) is 17.2. The molecule has 0 spiro atoms. The summed E-state index contributed by atoms with van der Waals surface area (Å²) in [5, 5.41) is 3.39. The van der Waals surface area contributed by atoms with Gasteiger partial charge in [-0.05, 0) is 30.9 Å². The quantitative estimate of drug-likeness (QED) is 0.243. The van der Waals surface area contributed by atoms with Crippen molar-refractivity contribution >= 4 is 45.9 Å². The van der Waals surface area contributed by atoms with Crippen molar-refractivity contribution in [2.24, 2.45) is 4.99 Å². The first-order valence-electron chi connectivity index (χ1n) is 8.55. The Hall–Kier alpha value is -0.380. The van der Waals surface area contributed by atoms with E-state index in [0.717, 1.165) is 62.6 Å². The molecule has 7 heteroatoms. The molecule has 0 saturated carbocycles. The Morgan fingerprint density at radius 1 is 1.44 bits per heavy atom. The van der Waals surface area contributed by atoms with Gasteiger partial charge in [-0.15, -0.1) is 24.0 Å². The molecule has 1 saturated heterocycles. The number of nitrogens with zero attached hydrogens (tertiary/aromatic N) is 2. The summed E-state index contributed by atoms with van der Waals surface area (Å²) >= 11 is 3.59. The second kappa shape index (κ2) is 12.9. The zero-order valence-corrected chi connectivity index (χ0v) is 19.0. The Balaban J connectivity index is 0.00000312. The fraction of sp³-hybridized carbons (Fsp3) is 0.611. The van der Waals surface area contributed by atoms with E-state index in [4.69, 9.17) is 9.47 Å². The molecule has 1 aromatic rings. The third-order valence-corrected chi connectivity index (χ3v) is 4.79. The minimum Gasteiger partial charge on any atom is -0.379 e. The average Bonchev–Trinajstić information content (AvgIpc) is 3.09. The number of guanidine groups is 1. The van der Waals surface area contributed by atoms with E-state index in [-0.39, 0.29) is 24.0 Å². The Kier molecular flexibility index (Phi) is 11.7. The highest BCUT2D eigenvalue weighted by molar-refractivity contribution is 14.0. The fourth-order valence-electron chi connectivity index (χ4n) is 2.71. The minimum atomic E-state index is 0. The van der Waals surface area contributed by atoms with Crippen molar-refractivity contribution < 1.29 is 9.47 Å². The third-order valence-electron chi connectivity index (χ3n) is 4.02.